The molecule has 1 aromatic rings. The Morgan fingerprint density at radius 1 is 1.65 bits per heavy atom. The molecule has 5 nitrogen and oxygen atoms in total. The molecule has 1 atom stereocenters. The number of hydrogen-bond donors (Lipinski definition) is 1. The normalized spacial score (nSPS) is 21.7. The highest BCUT2D eigenvalue weighted by molar-refractivity contribution is 14.1. The molecule has 0 amide bonds. The molecular weight excluding hydrogens is 333 g/mol. The molecular formula is C11H16IN3O2. The number of H-pyrrole nitrogens is 1. The van der Waals surface area contributed by atoms with Gasteiger partial charge in [0.2, 0.25) is 0 Å². The van der Waals surface area contributed by atoms with Gasteiger partial charge in [0.25, 0.3) is 5.56 Å². The number of aromatic amines is 1. The van der Waals surface area contributed by atoms with Crippen molar-refractivity contribution in [3.05, 3.63) is 25.4 Å². The van der Waals surface area contributed by atoms with E-state index in [0.29, 0.717) is 16.0 Å². The van der Waals surface area contributed by atoms with Gasteiger partial charge in [0.05, 0.1) is 15.9 Å². The number of ether oxygens (including phenoxy) is 1. The van der Waals surface area contributed by atoms with Crippen LogP contribution in [-0.4, -0.2) is 41.1 Å². The molecule has 0 aliphatic carbocycles. The molecule has 1 aromatic heterocycles. The van der Waals surface area contributed by atoms with Crippen LogP contribution >= 0.6 is 22.6 Å². The molecule has 2 rings (SSSR count). The van der Waals surface area contributed by atoms with E-state index in [-0.39, 0.29) is 11.7 Å². The number of aromatic nitrogens is 2. The second-order valence-electron chi connectivity index (χ2n) is 4.10. The van der Waals surface area contributed by atoms with Crippen LogP contribution in [0.5, 0.6) is 0 Å². The molecule has 0 bridgehead atoms. The van der Waals surface area contributed by atoms with Gasteiger partial charge in [-0.05, 0) is 36.1 Å². The Balaban J connectivity index is 2.25. The molecule has 0 radical (unpaired) electrons. The fourth-order valence-electron chi connectivity index (χ4n) is 1.90. The van der Waals surface area contributed by atoms with Gasteiger partial charge in [-0.1, -0.05) is 6.92 Å². The third kappa shape index (κ3) is 2.86. The molecule has 0 spiro atoms. The summed E-state index contributed by atoms with van der Waals surface area (Å²) in [6.45, 7) is 7.39. The van der Waals surface area contributed by atoms with Crippen LogP contribution in [0.2, 0.25) is 0 Å². The Morgan fingerprint density at radius 2 is 2.41 bits per heavy atom. The summed E-state index contributed by atoms with van der Waals surface area (Å²) in [5.74, 6) is 0.645. The number of rotatable bonds is 2. The fraction of sp³-hybridized carbons (Fsp3) is 0.636. The van der Waals surface area contributed by atoms with Crippen molar-refractivity contribution >= 4 is 22.6 Å². The molecule has 1 aliphatic rings. The monoisotopic (exact) mass is 349 g/mol. The Morgan fingerprint density at radius 3 is 3.06 bits per heavy atom. The Kier molecular flexibility index (Phi) is 4.16. The summed E-state index contributed by atoms with van der Waals surface area (Å²) in [7, 11) is 0. The van der Waals surface area contributed by atoms with Gasteiger partial charge in [-0.3, -0.25) is 9.69 Å². The minimum atomic E-state index is -0.118. The van der Waals surface area contributed by atoms with Crippen molar-refractivity contribution in [2.45, 2.75) is 20.0 Å². The van der Waals surface area contributed by atoms with Crippen LogP contribution in [0, 0.1) is 10.5 Å². The van der Waals surface area contributed by atoms with Crippen molar-refractivity contribution in [3.8, 4) is 0 Å². The molecule has 1 fully saturated rings. The van der Waals surface area contributed by atoms with E-state index in [1.807, 2.05) is 29.5 Å². The number of morpholine rings is 1. The van der Waals surface area contributed by atoms with Crippen LogP contribution in [-0.2, 0) is 4.74 Å². The van der Waals surface area contributed by atoms with Gasteiger partial charge in [0.15, 0.2) is 0 Å². The standard InChI is InChI=1S/C11H16IN3O2/c1-3-15-4-5-17-8(6-15)10-13-7(2)9(12)11(16)14-10/h8H,3-6H2,1-2H3,(H,13,14,16). The summed E-state index contributed by atoms with van der Waals surface area (Å²) >= 11 is 2.01. The molecule has 0 aromatic carbocycles. The summed E-state index contributed by atoms with van der Waals surface area (Å²) in [4.78, 5) is 21.2. The molecule has 6 heteroatoms. The molecule has 0 saturated carbocycles. The molecule has 1 N–H and O–H groups in total. The van der Waals surface area contributed by atoms with Gasteiger partial charge in [0.1, 0.15) is 11.9 Å². The van der Waals surface area contributed by atoms with Crippen LogP contribution in [0.4, 0.5) is 0 Å². The van der Waals surface area contributed by atoms with Crippen molar-refractivity contribution < 1.29 is 4.74 Å². The number of halogens is 1. The number of nitrogens with one attached hydrogen (secondary N) is 1. The van der Waals surface area contributed by atoms with E-state index in [9.17, 15) is 4.79 Å². The summed E-state index contributed by atoms with van der Waals surface area (Å²) in [5.41, 5.74) is 0.687. The second kappa shape index (κ2) is 5.45. The summed E-state index contributed by atoms with van der Waals surface area (Å²) in [6, 6.07) is 0. The molecule has 1 unspecified atom stereocenters. The minimum absolute atomic E-state index is 0.0784. The van der Waals surface area contributed by atoms with Crippen LogP contribution in [0.1, 0.15) is 24.5 Å². The van der Waals surface area contributed by atoms with Crippen molar-refractivity contribution in [2.24, 2.45) is 0 Å². The van der Waals surface area contributed by atoms with Gasteiger partial charge in [-0.25, -0.2) is 4.98 Å². The molecule has 1 saturated heterocycles. The first-order chi connectivity index (χ1) is 8.11. The van der Waals surface area contributed by atoms with E-state index in [4.69, 9.17) is 4.74 Å². The molecule has 1 aliphatic heterocycles. The summed E-state index contributed by atoms with van der Waals surface area (Å²) in [6.07, 6.45) is -0.118. The van der Waals surface area contributed by atoms with Crippen LogP contribution < -0.4 is 5.56 Å². The largest absolute Gasteiger partial charge is 0.368 e. The number of nitrogens with zero attached hydrogens (tertiary/aromatic N) is 2. The van der Waals surface area contributed by atoms with Crippen LogP contribution in [0.25, 0.3) is 0 Å². The van der Waals surface area contributed by atoms with Gasteiger partial charge < -0.3 is 9.72 Å². The first-order valence-corrected chi connectivity index (χ1v) is 6.80. The zero-order chi connectivity index (χ0) is 12.4. The maximum absolute atomic E-state index is 11.7. The summed E-state index contributed by atoms with van der Waals surface area (Å²) < 4.78 is 6.32. The third-order valence-electron chi connectivity index (χ3n) is 2.95. The predicted octanol–water partition coefficient (Wildman–Crippen LogP) is 1.08. The number of aryl methyl sites for hydroxylation is 1. The highest BCUT2D eigenvalue weighted by atomic mass is 127. The van der Waals surface area contributed by atoms with Crippen molar-refractivity contribution in [3.63, 3.8) is 0 Å². The topological polar surface area (TPSA) is 58.2 Å². The van der Waals surface area contributed by atoms with E-state index in [1.165, 1.54) is 0 Å². The SMILES string of the molecule is CCN1CCOC(c2nc(C)c(I)c(=O)[nH]2)C1. The third-order valence-corrected chi connectivity index (χ3v) is 4.22. The van der Waals surface area contributed by atoms with Gasteiger partial charge in [0, 0.05) is 13.1 Å². The maximum Gasteiger partial charge on any atom is 0.264 e. The molecule has 17 heavy (non-hydrogen) atoms. The van der Waals surface area contributed by atoms with Gasteiger partial charge in [-0.2, -0.15) is 0 Å². The van der Waals surface area contributed by atoms with Crippen molar-refractivity contribution in [1.82, 2.24) is 14.9 Å². The van der Waals surface area contributed by atoms with E-state index < -0.39 is 0 Å². The molecule has 2 heterocycles. The lowest BCUT2D eigenvalue weighted by molar-refractivity contribution is -0.0327. The van der Waals surface area contributed by atoms with Crippen LogP contribution in [0.3, 0.4) is 0 Å². The Labute approximate surface area is 114 Å². The lowest BCUT2D eigenvalue weighted by atomic mass is 10.2. The first-order valence-electron chi connectivity index (χ1n) is 5.72. The lowest BCUT2D eigenvalue weighted by Crippen LogP contribution is -2.39. The van der Waals surface area contributed by atoms with Crippen molar-refractivity contribution in [2.75, 3.05) is 26.2 Å². The summed E-state index contributed by atoms with van der Waals surface area (Å²) in [5, 5.41) is 0. The predicted molar refractivity (Wildman–Crippen MR) is 73.1 cm³/mol. The fourth-order valence-corrected chi connectivity index (χ4v) is 2.16. The average Bonchev–Trinajstić information content (AvgIpc) is 2.35. The Bertz CT molecular complexity index is 461. The quantitative estimate of drug-likeness (QED) is 0.812. The zero-order valence-corrected chi connectivity index (χ0v) is 12.2. The number of hydrogen-bond acceptors (Lipinski definition) is 4. The smallest absolute Gasteiger partial charge is 0.264 e. The van der Waals surface area contributed by atoms with E-state index >= 15 is 0 Å². The number of likely N-dealkylation sites (N-methyl/N-ethyl adjacent to an activating group) is 1. The average molecular weight is 349 g/mol. The molecule has 94 valence electrons. The van der Waals surface area contributed by atoms with E-state index in [1.54, 1.807) is 0 Å². The van der Waals surface area contributed by atoms with E-state index in [0.717, 1.165) is 25.3 Å². The minimum Gasteiger partial charge on any atom is -0.368 e. The van der Waals surface area contributed by atoms with Crippen LogP contribution in [0.15, 0.2) is 4.79 Å². The van der Waals surface area contributed by atoms with Gasteiger partial charge >= 0.3 is 0 Å². The highest BCUT2D eigenvalue weighted by Gasteiger charge is 2.23. The Hall–Kier alpha value is -0.470. The second-order valence-corrected chi connectivity index (χ2v) is 5.18. The highest BCUT2D eigenvalue weighted by Crippen LogP contribution is 2.18. The zero-order valence-electron chi connectivity index (χ0n) is 9.99. The maximum atomic E-state index is 11.7. The van der Waals surface area contributed by atoms with Gasteiger partial charge in [-0.15, -0.1) is 0 Å². The van der Waals surface area contributed by atoms with E-state index in [2.05, 4.69) is 21.8 Å². The lowest BCUT2D eigenvalue weighted by Gasteiger charge is -2.31. The van der Waals surface area contributed by atoms with Crippen molar-refractivity contribution in [1.29, 1.82) is 0 Å². The first kappa shape index (κ1) is 13.0.